The molecule has 1 N–H and O–H groups in total. The van der Waals surface area contributed by atoms with E-state index in [9.17, 15) is 0 Å². The summed E-state index contributed by atoms with van der Waals surface area (Å²) in [7, 11) is 0. The van der Waals surface area contributed by atoms with E-state index in [1.807, 2.05) is 6.08 Å². The van der Waals surface area contributed by atoms with Gasteiger partial charge in [-0.15, -0.1) is 0 Å². The Morgan fingerprint density at radius 3 is 2.32 bits per heavy atom. The lowest BCUT2D eigenvalue weighted by Crippen LogP contribution is -2.34. The molecule has 0 amide bonds. The average molecular weight is 295 g/mol. The Morgan fingerprint density at radius 2 is 1.82 bits per heavy atom. The summed E-state index contributed by atoms with van der Waals surface area (Å²) < 4.78 is 0. The molecular weight excluding hydrogens is 266 g/mol. The van der Waals surface area contributed by atoms with Crippen LogP contribution < -0.4 is 5.32 Å². The first-order valence-electron chi connectivity index (χ1n) is 7.71. The molecule has 118 valence electrons. The molecule has 0 aliphatic carbocycles. The Labute approximate surface area is 136 Å². The SMILES string of the molecule is C=C/C=C\C(C)=C(/C)c1ccc(C(=C)NC(C)(C)C)c(C)c1. The molecule has 1 heteroatoms. The Morgan fingerprint density at radius 1 is 1.18 bits per heavy atom. The normalized spacial score (nSPS) is 13.0. The number of allylic oxidation sites excluding steroid dienone is 5. The standard InChI is InChI=1S/C21H29N/c1-9-10-11-15(2)17(4)19-12-13-20(16(3)14-19)18(5)22-21(6,7)8/h9-14,22H,1,5H2,2-4,6-8H3/b11-10-,17-15+. The van der Waals surface area contributed by atoms with E-state index in [4.69, 9.17) is 0 Å². The molecule has 1 nitrogen and oxygen atoms in total. The lowest BCUT2D eigenvalue weighted by Gasteiger charge is -2.25. The third-order valence-corrected chi connectivity index (χ3v) is 3.58. The monoisotopic (exact) mass is 295 g/mol. The first kappa shape index (κ1) is 18.0. The van der Waals surface area contributed by atoms with Gasteiger partial charge in [0, 0.05) is 11.2 Å². The van der Waals surface area contributed by atoms with Crippen molar-refractivity contribution in [3.05, 3.63) is 71.8 Å². The minimum Gasteiger partial charge on any atom is -0.380 e. The Balaban J connectivity index is 3.11. The Bertz CT molecular complexity index is 622. The Kier molecular flexibility index (Phi) is 5.99. The van der Waals surface area contributed by atoms with Gasteiger partial charge in [-0.1, -0.05) is 49.6 Å². The van der Waals surface area contributed by atoms with Crippen LogP contribution in [0.25, 0.3) is 11.3 Å². The highest BCUT2D eigenvalue weighted by Crippen LogP contribution is 2.25. The molecule has 0 fully saturated rings. The maximum absolute atomic E-state index is 4.18. The van der Waals surface area contributed by atoms with Crippen molar-refractivity contribution in [3.8, 4) is 0 Å². The fourth-order valence-corrected chi connectivity index (χ4v) is 2.32. The highest BCUT2D eigenvalue weighted by Gasteiger charge is 2.13. The molecule has 0 saturated carbocycles. The maximum atomic E-state index is 4.18. The van der Waals surface area contributed by atoms with Crippen LogP contribution >= 0.6 is 0 Å². The fraction of sp³-hybridized carbons (Fsp3) is 0.333. The summed E-state index contributed by atoms with van der Waals surface area (Å²) in [5, 5.41) is 3.45. The lowest BCUT2D eigenvalue weighted by molar-refractivity contribution is 0.502. The average Bonchev–Trinajstić information content (AvgIpc) is 2.41. The van der Waals surface area contributed by atoms with E-state index >= 15 is 0 Å². The van der Waals surface area contributed by atoms with Crippen LogP contribution in [0.5, 0.6) is 0 Å². The molecule has 22 heavy (non-hydrogen) atoms. The number of benzene rings is 1. The van der Waals surface area contributed by atoms with Gasteiger partial charge in [0.15, 0.2) is 0 Å². The largest absolute Gasteiger partial charge is 0.380 e. The van der Waals surface area contributed by atoms with Gasteiger partial charge in [-0.3, -0.25) is 0 Å². The van der Waals surface area contributed by atoms with E-state index in [0.717, 1.165) is 5.70 Å². The smallest absolute Gasteiger partial charge is 0.0347 e. The fourth-order valence-electron chi connectivity index (χ4n) is 2.32. The van der Waals surface area contributed by atoms with E-state index in [0.29, 0.717) is 0 Å². The van der Waals surface area contributed by atoms with E-state index < -0.39 is 0 Å². The quantitative estimate of drug-likeness (QED) is 0.668. The predicted octanol–water partition coefficient (Wildman–Crippen LogP) is 5.89. The van der Waals surface area contributed by atoms with Crippen molar-refractivity contribution >= 4 is 11.3 Å². The molecule has 0 saturated heterocycles. The highest BCUT2D eigenvalue weighted by atomic mass is 15.0. The molecule has 1 aromatic rings. The van der Waals surface area contributed by atoms with Gasteiger partial charge in [0.1, 0.15) is 0 Å². The van der Waals surface area contributed by atoms with E-state index in [1.54, 1.807) is 6.08 Å². The second-order valence-corrected chi connectivity index (χ2v) is 6.79. The van der Waals surface area contributed by atoms with E-state index in [2.05, 4.69) is 84.3 Å². The van der Waals surface area contributed by atoms with Crippen LogP contribution in [0.4, 0.5) is 0 Å². The van der Waals surface area contributed by atoms with Gasteiger partial charge in [0.05, 0.1) is 0 Å². The van der Waals surface area contributed by atoms with Gasteiger partial charge in [0.2, 0.25) is 0 Å². The summed E-state index contributed by atoms with van der Waals surface area (Å²) in [4.78, 5) is 0. The topological polar surface area (TPSA) is 12.0 Å². The zero-order valence-electron chi connectivity index (χ0n) is 14.9. The first-order valence-corrected chi connectivity index (χ1v) is 7.71. The summed E-state index contributed by atoms with van der Waals surface area (Å²) in [5.41, 5.74) is 7.17. The van der Waals surface area contributed by atoms with Crippen LogP contribution in [0.1, 0.15) is 51.3 Å². The number of hydrogen-bond acceptors (Lipinski definition) is 1. The predicted molar refractivity (Wildman–Crippen MR) is 101 cm³/mol. The van der Waals surface area contributed by atoms with Crippen molar-refractivity contribution in [3.63, 3.8) is 0 Å². The van der Waals surface area contributed by atoms with Crippen molar-refractivity contribution in [1.29, 1.82) is 0 Å². The van der Waals surface area contributed by atoms with Gasteiger partial charge in [-0.25, -0.2) is 0 Å². The molecule has 0 bridgehead atoms. The van der Waals surface area contributed by atoms with Crippen molar-refractivity contribution in [2.24, 2.45) is 0 Å². The van der Waals surface area contributed by atoms with Crippen molar-refractivity contribution in [2.75, 3.05) is 0 Å². The summed E-state index contributed by atoms with van der Waals surface area (Å²) in [6.07, 6.45) is 5.86. The minimum atomic E-state index is 0.0179. The maximum Gasteiger partial charge on any atom is 0.0347 e. The highest BCUT2D eigenvalue weighted by molar-refractivity contribution is 5.73. The Hall–Kier alpha value is -2.02. The van der Waals surface area contributed by atoms with E-state index in [-0.39, 0.29) is 5.54 Å². The summed E-state index contributed by atoms with van der Waals surface area (Å²) >= 11 is 0. The zero-order valence-corrected chi connectivity index (χ0v) is 14.9. The number of hydrogen-bond donors (Lipinski definition) is 1. The summed E-state index contributed by atoms with van der Waals surface area (Å²) in [5.74, 6) is 0. The molecule has 0 heterocycles. The third kappa shape index (κ3) is 5.07. The second kappa shape index (κ2) is 7.31. The van der Waals surface area contributed by atoms with Crippen LogP contribution in [0, 0.1) is 6.92 Å². The summed E-state index contributed by atoms with van der Waals surface area (Å²) in [6, 6.07) is 6.55. The zero-order chi connectivity index (χ0) is 16.9. The molecule has 0 aliphatic rings. The molecular formula is C21H29N. The molecule has 0 radical (unpaired) electrons. The van der Waals surface area contributed by atoms with Gasteiger partial charge < -0.3 is 5.32 Å². The lowest BCUT2D eigenvalue weighted by atomic mass is 9.96. The minimum absolute atomic E-state index is 0.0179. The molecule has 0 spiro atoms. The molecule has 1 rings (SSSR count). The van der Waals surface area contributed by atoms with Crippen LogP contribution in [-0.4, -0.2) is 5.54 Å². The number of aryl methyl sites for hydroxylation is 1. The van der Waals surface area contributed by atoms with Crippen LogP contribution in [0.15, 0.2) is 55.2 Å². The molecule has 1 aromatic carbocycles. The third-order valence-electron chi connectivity index (χ3n) is 3.58. The molecule has 0 atom stereocenters. The number of nitrogens with one attached hydrogen (secondary N) is 1. The van der Waals surface area contributed by atoms with Gasteiger partial charge in [0.25, 0.3) is 0 Å². The van der Waals surface area contributed by atoms with Gasteiger partial charge in [-0.05, 0) is 69.4 Å². The second-order valence-electron chi connectivity index (χ2n) is 6.79. The van der Waals surface area contributed by atoms with Crippen LogP contribution in [0.3, 0.4) is 0 Å². The van der Waals surface area contributed by atoms with Gasteiger partial charge in [-0.2, -0.15) is 0 Å². The molecule has 0 aromatic heterocycles. The molecule has 0 unspecified atom stereocenters. The van der Waals surface area contributed by atoms with Crippen molar-refractivity contribution in [2.45, 2.75) is 47.1 Å². The van der Waals surface area contributed by atoms with Crippen molar-refractivity contribution < 1.29 is 0 Å². The molecule has 0 aliphatic heterocycles. The summed E-state index contributed by atoms with van der Waals surface area (Å²) in [6.45, 7) is 20.7. The van der Waals surface area contributed by atoms with Gasteiger partial charge >= 0.3 is 0 Å². The van der Waals surface area contributed by atoms with Crippen LogP contribution in [-0.2, 0) is 0 Å². The van der Waals surface area contributed by atoms with Crippen molar-refractivity contribution in [1.82, 2.24) is 5.32 Å². The van der Waals surface area contributed by atoms with E-state index in [1.165, 1.54) is 27.8 Å². The number of rotatable bonds is 5. The first-order chi connectivity index (χ1) is 10.2. The van der Waals surface area contributed by atoms with Crippen LogP contribution in [0.2, 0.25) is 0 Å².